The molecule has 1 atom stereocenters. The van der Waals surface area contributed by atoms with Crippen LogP contribution in [0.2, 0.25) is 0 Å². The second-order valence-corrected chi connectivity index (χ2v) is 4.30. The van der Waals surface area contributed by atoms with Crippen molar-refractivity contribution in [3.63, 3.8) is 0 Å². The van der Waals surface area contributed by atoms with E-state index in [0.717, 1.165) is 4.47 Å². The number of carbonyl (C=O) groups is 2. The van der Waals surface area contributed by atoms with Crippen molar-refractivity contribution in [2.45, 2.75) is 6.04 Å². The molecule has 0 unspecified atom stereocenters. The van der Waals surface area contributed by atoms with E-state index < -0.39 is 24.5 Å². The Balaban J connectivity index is 2.44. The molecule has 3 N–H and O–H groups in total. The Morgan fingerprint density at radius 2 is 2.17 bits per heavy atom. The average Bonchev–Trinajstić information content (AvgIpc) is 2.33. The molecule has 0 saturated carbocycles. The Kier molecular flexibility index (Phi) is 5.60. The predicted molar refractivity (Wildman–Crippen MR) is 66.3 cm³/mol. The fraction of sp³-hybridized carbons (Fsp3) is 0.273. The predicted octanol–water partition coefficient (Wildman–Crippen LogP) is 0.390. The van der Waals surface area contributed by atoms with E-state index >= 15 is 0 Å². The number of hydrogen-bond donors (Lipinski definition) is 3. The number of aliphatic carboxylic acids is 1. The number of benzene rings is 1. The number of amides is 1. The summed E-state index contributed by atoms with van der Waals surface area (Å²) < 4.78 is 5.96. The number of aliphatic hydroxyl groups excluding tert-OH is 1. The molecule has 1 rings (SSSR count). The van der Waals surface area contributed by atoms with E-state index in [1.807, 2.05) is 0 Å². The topological polar surface area (TPSA) is 95.9 Å². The normalized spacial score (nSPS) is 11.7. The molecular formula is C11H12BrNO5. The first-order valence-corrected chi connectivity index (χ1v) is 5.83. The van der Waals surface area contributed by atoms with E-state index in [4.69, 9.17) is 14.9 Å². The average molecular weight is 318 g/mol. The highest BCUT2D eigenvalue weighted by Crippen LogP contribution is 2.17. The van der Waals surface area contributed by atoms with Gasteiger partial charge in [0.05, 0.1) is 6.61 Å². The van der Waals surface area contributed by atoms with E-state index in [1.54, 1.807) is 24.3 Å². The minimum atomic E-state index is -1.32. The highest BCUT2D eigenvalue weighted by Gasteiger charge is 2.18. The molecule has 0 bridgehead atoms. The third kappa shape index (κ3) is 4.72. The van der Waals surface area contributed by atoms with Gasteiger partial charge in [-0.1, -0.05) is 22.0 Å². The van der Waals surface area contributed by atoms with Gasteiger partial charge in [-0.15, -0.1) is 0 Å². The van der Waals surface area contributed by atoms with Crippen molar-refractivity contribution in [2.75, 3.05) is 13.2 Å². The molecule has 6 nitrogen and oxygen atoms in total. The van der Waals surface area contributed by atoms with Crippen LogP contribution in [0.5, 0.6) is 5.75 Å². The lowest BCUT2D eigenvalue weighted by molar-refractivity contribution is -0.143. The van der Waals surface area contributed by atoms with E-state index in [0.29, 0.717) is 5.75 Å². The molecule has 98 valence electrons. The maximum atomic E-state index is 11.4. The minimum absolute atomic E-state index is 0.319. The Morgan fingerprint density at radius 3 is 2.72 bits per heavy atom. The number of ether oxygens (including phenoxy) is 1. The van der Waals surface area contributed by atoms with Crippen molar-refractivity contribution in [1.29, 1.82) is 0 Å². The molecular weight excluding hydrogens is 306 g/mol. The maximum absolute atomic E-state index is 11.4. The van der Waals surface area contributed by atoms with Crippen LogP contribution in [0.15, 0.2) is 28.7 Å². The zero-order valence-corrected chi connectivity index (χ0v) is 10.9. The molecule has 0 aliphatic rings. The van der Waals surface area contributed by atoms with Crippen LogP contribution in [-0.2, 0) is 9.59 Å². The number of halogens is 1. The van der Waals surface area contributed by atoms with Gasteiger partial charge in [-0.2, -0.15) is 0 Å². The Bertz CT molecular complexity index is 437. The van der Waals surface area contributed by atoms with Crippen LogP contribution in [0, 0.1) is 0 Å². The first-order chi connectivity index (χ1) is 8.52. The van der Waals surface area contributed by atoms with E-state index in [-0.39, 0.29) is 6.61 Å². The van der Waals surface area contributed by atoms with Gasteiger partial charge in [0.25, 0.3) is 5.91 Å². The summed E-state index contributed by atoms with van der Waals surface area (Å²) in [5.41, 5.74) is 0. The minimum Gasteiger partial charge on any atom is -0.484 e. The quantitative estimate of drug-likeness (QED) is 0.705. The first kappa shape index (κ1) is 14.5. The Morgan fingerprint density at radius 1 is 1.44 bits per heavy atom. The van der Waals surface area contributed by atoms with E-state index in [1.165, 1.54) is 0 Å². The second-order valence-electron chi connectivity index (χ2n) is 3.39. The molecule has 7 heteroatoms. The van der Waals surface area contributed by atoms with Gasteiger partial charge in [0.1, 0.15) is 11.8 Å². The molecule has 0 aliphatic heterocycles. The summed E-state index contributed by atoms with van der Waals surface area (Å²) in [7, 11) is 0. The summed E-state index contributed by atoms with van der Waals surface area (Å²) in [6, 6.07) is 5.57. The van der Waals surface area contributed by atoms with Crippen LogP contribution >= 0.6 is 15.9 Å². The molecule has 0 aliphatic carbocycles. The smallest absolute Gasteiger partial charge is 0.328 e. The number of carboxylic acids is 1. The van der Waals surface area contributed by atoms with Gasteiger partial charge in [-0.05, 0) is 18.2 Å². The van der Waals surface area contributed by atoms with Crippen molar-refractivity contribution in [2.24, 2.45) is 0 Å². The zero-order valence-electron chi connectivity index (χ0n) is 9.30. The Labute approximate surface area is 112 Å². The molecule has 0 saturated heterocycles. The van der Waals surface area contributed by atoms with Crippen LogP contribution in [-0.4, -0.2) is 41.3 Å². The van der Waals surface area contributed by atoms with E-state index in [9.17, 15) is 9.59 Å². The van der Waals surface area contributed by atoms with Crippen molar-refractivity contribution in [3.8, 4) is 5.75 Å². The Hall–Kier alpha value is -1.60. The summed E-state index contributed by atoms with van der Waals surface area (Å²) in [5, 5.41) is 19.5. The maximum Gasteiger partial charge on any atom is 0.328 e. The monoisotopic (exact) mass is 317 g/mol. The van der Waals surface area contributed by atoms with Crippen LogP contribution in [0.4, 0.5) is 0 Å². The van der Waals surface area contributed by atoms with Gasteiger partial charge in [0.15, 0.2) is 6.61 Å². The molecule has 0 fully saturated rings. The number of carboxylic acid groups (broad SMARTS) is 1. The van der Waals surface area contributed by atoms with Crippen LogP contribution in [0.3, 0.4) is 0 Å². The number of hydrogen-bond acceptors (Lipinski definition) is 4. The van der Waals surface area contributed by atoms with Gasteiger partial charge in [-0.25, -0.2) is 4.79 Å². The summed E-state index contributed by atoms with van der Waals surface area (Å²) in [4.78, 5) is 21.9. The number of nitrogens with one attached hydrogen (secondary N) is 1. The van der Waals surface area contributed by atoms with Gasteiger partial charge < -0.3 is 20.3 Å². The molecule has 0 heterocycles. The largest absolute Gasteiger partial charge is 0.484 e. The van der Waals surface area contributed by atoms with Gasteiger partial charge in [0.2, 0.25) is 0 Å². The lowest BCUT2D eigenvalue weighted by Crippen LogP contribution is -2.45. The summed E-state index contributed by atoms with van der Waals surface area (Å²) in [5.74, 6) is -1.43. The van der Waals surface area contributed by atoms with Crippen molar-refractivity contribution >= 4 is 27.8 Å². The zero-order chi connectivity index (χ0) is 13.5. The van der Waals surface area contributed by atoms with E-state index in [2.05, 4.69) is 21.2 Å². The van der Waals surface area contributed by atoms with Gasteiger partial charge in [-0.3, -0.25) is 4.79 Å². The molecule has 0 aromatic heterocycles. The summed E-state index contributed by atoms with van der Waals surface area (Å²) >= 11 is 3.25. The molecule has 0 spiro atoms. The van der Waals surface area contributed by atoms with Crippen molar-refractivity contribution < 1.29 is 24.5 Å². The highest BCUT2D eigenvalue weighted by molar-refractivity contribution is 9.10. The van der Waals surface area contributed by atoms with Crippen LogP contribution in [0.1, 0.15) is 0 Å². The van der Waals surface area contributed by atoms with Crippen molar-refractivity contribution in [3.05, 3.63) is 28.7 Å². The fourth-order valence-electron chi connectivity index (χ4n) is 1.13. The first-order valence-electron chi connectivity index (χ1n) is 5.04. The molecule has 1 aromatic rings. The second kappa shape index (κ2) is 6.97. The van der Waals surface area contributed by atoms with Gasteiger partial charge in [0, 0.05) is 4.47 Å². The van der Waals surface area contributed by atoms with Crippen molar-refractivity contribution in [1.82, 2.24) is 5.32 Å². The highest BCUT2D eigenvalue weighted by atomic mass is 79.9. The molecule has 1 amide bonds. The lowest BCUT2D eigenvalue weighted by atomic mass is 10.3. The molecule has 0 radical (unpaired) electrons. The standard InChI is InChI=1S/C11H12BrNO5/c12-7-2-1-3-8(4-7)18-6-10(15)13-9(5-14)11(16)17/h1-4,9,14H,5-6H2,(H,13,15)(H,16,17)/t9-/m0/s1. The number of carbonyl (C=O) groups excluding carboxylic acids is 1. The summed E-state index contributed by atoms with van der Waals surface area (Å²) in [6.07, 6.45) is 0. The third-order valence-electron chi connectivity index (χ3n) is 1.98. The summed E-state index contributed by atoms with van der Waals surface area (Å²) in [6.45, 7) is -0.988. The molecule has 1 aromatic carbocycles. The van der Waals surface area contributed by atoms with Gasteiger partial charge >= 0.3 is 5.97 Å². The third-order valence-corrected chi connectivity index (χ3v) is 2.48. The number of rotatable bonds is 6. The number of aliphatic hydroxyl groups is 1. The van der Waals surface area contributed by atoms with Crippen LogP contribution in [0.25, 0.3) is 0 Å². The molecule has 18 heavy (non-hydrogen) atoms. The van der Waals surface area contributed by atoms with Crippen LogP contribution < -0.4 is 10.1 Å². The SMILES string of the molecule is O=C(COc1cccc(Br)c1)N[C@@H](CO)C(=O)O. The fourth-order valence-corrected chi connectivity index (χ4v) is 1.51. The lowest BCUT2D eigenvalue weighted by Gasteiger charge is -2.12.